The molecule has 0 aliphatic rings. The van der Waals surface area contributed by atoms with Gasteiger partial charge in [0.05, 0.1) is 26.4 Å². The third kappa shape index (κ3) is 38.2. The monoisotopic (exact) mass is 745 g/mol. The smallest absolute Gasteiger partial charge is 0.457 e. The van der Waals surface area contributed by atoms with Crippen LogP contribution in [0.4, 0.5) is 0 Å². The number of aliphatic hydroxyl groups is 2. The van der Waals surface area contributed by atoms with Gasteiger partial charge >= 0.3 is 13.8 Å². The molecule has 0 fully saturated rings. The van der Waals surface area contributed by atoms with Crippen LogP contribution in [0.2, 0.25) is 0 Å². The minimum absolute atomic E-state index is 0.0422. The van der Waals surface area contributed by atoms with Gasteiger partial charge in [-0.2, -0.15) is 0 Å². The Bertz CT molecular complexity index is 892. The van der Waals surface area contributed by atoms with Gasteiger partial charge in [0.15, 0.2) is 0 Å². The van der Waals surface area contributed by atoms with Crippen LogP contribution in [0.3, 0.4) is 0 Å². The number of ether oxygens (including phenoxy) is 2. The highest BCUT2D eigenvalue weighted by Gasteiger charge is 2.26. The Morgan fingerprint density at radius 1 is 0.608 bits per heavy atom. The fraction of sp³-hybridized carbons (Fsp3) is 0.829. The number of phosphoric ester groups is 1. The van der Waals surface area contributed by atoms with Crippen molar-refractivity contribution in [2.75, 3.05) is 33.0 Å². The van der Waals surface area contributed by atoms with Crippen LogP contribution in [0.25, 0.3) is 0 Å². The van der Waals surface area contributed by atoms with Gasteiger partial charge in [0.2, 0.25) is 0 Å². The molecule has 51 heavy (non-hydrogen) atoms. The highest BCUT2D eigenvalue weighted by atomic mass is 31.2. The zero-order valence-corrected chi connectivity index (χ0v) is 33.5. The first kappa shape index (κ1) is 49.7. The SMILES string of the molecule is CCCCC/C=C\C/C=C\CCCCCCCCCC(=O)OC(COCCCCCCCC/C=C\CCCCC)COP(=O)(O)OCC(O)CO. The lowest BCUT2D eigenvalue weighted by Gasteiger charge is -2.20. The average molecular weight is 745 g/mol. The number of aliphatic hydroxyl groups excluding tert-OH is 2. The van der Waals surface area contributed by atoms with Crippen LogP contribution >= 0.6 is 7.82 Å². The maximum Gasteiger partial charge on any atom is 0.472 e. The fourth-order valence-electron chi connectivity index (χ4n) is 5.38. The van der Waals surface area contributed by atoms with Crippen LogP contribution in [0.1, 0.15) is 174 Å². The molecule has 9 nitrogen and oxygen atoms in total. The second kappa shape index (κ2) is 38.4. The van der Waals surface area contributed by atoms with E-state index in [-0.39, 0.29) is 19.6 Å². The summed E-state index contributed by atoms with van der Waals surface area (Å²) in [6.45, 7) is 3.45. The Labute approximate surface area is 312 Å². The van der Waals surface area contributed by atoms with Crippen molar-refractivity contribution in [2.24, 2.45) is 0 Å². The topological polar surface area (TPSA) is 132 Å². The van der Waals surface area contributed by atoms with Gasteiger partial charge in [0.1, 0.15) is 12.2 Å². The van der Waals surface area contributed by atoms with E-state index >= 15 is 0 Å². The van der Waals surface area contributed by atoms with Crippen LogP contribution in [0, 0.1) is 0 Å². The molecule has 300 valence electrons. The molecule has 0 aromatic rings. The van der Waals surface area contributed by atoms with Gasteiger partial charge in [-0.15, -0.1) is 0 Å². The van der Waals surface area contributed by atoms with Gasteiger partial charge in [0, 0.05) is 13.0 Å². The van der Waals surface area contributed by atoms with Crippen molar-refractivity contribution in [3.05, 3.63) is 36.5 Å². The number of esters is 1. The summed E-state index contributed by atoms with van der Waals surface area (Å²) in [6, 6.07) is 0. The summed E-state index contributed by atoms with van der Waals surface area (Å²) in [5, 5.41) is 18.3. The predicted molar refractivity (Wildman–Crippen MR) is 210 cm³/mol. The summed E-state index contributed by atoms with van der Waals surface area (Å²) in [6.07, 6.45) is 39.5. The average Bonchev–Trinajstić information content (AvgIpc) is 3.12. The van der Waals surface area contributed by atoms with Crippen molar-refractivity contribution >= 4 is 13.8 Å². The van der Waals surface area contributed by atoms with Crippen LogP contribution in [0.15, 0.2) is 36.5 Å². The van der Waals surface area contributed by atoms with E-state index < -0.39 is 39.2 Å². The number of rotatable bonds is 39. The largest absolute Gasteiger partial charge is 0.472 e. The molecular formula is C41H77O9P. The minimum Gasteiger partial charge on any atom is -0.457 e. The summed E-state index contributed by atoms with van der Waals surface area (Å²) >= 11 is 0. The molecule has 0 aromatic heterocycles. The molecule has 0 rings (SSSR count). The zero-order valence-electron chi connectivity index (χ0n) is 32.6. The van der Waals surface area contributed by atoms with Gasteiger partial charge in [-0.25, -0.2) is 4.57 Å². The van der Waals surface area contributed by atoms with Crippen LogP contribution in [-0.2, 0) is 27.9 Å². The van der Waals surface area contributed by atoms with Crippen molar-refractivity contribution < 1.29 is 43.0 Å². The third-order valence-electron chi connectivity index (χ3n) is 8.55. The molecule has 0 amide bonds. The number of carbonyl (C=O) groups is 1. The molecular weight excluding hydrogens is 667 g/mol. The first-order chi connectivity index (χ1) is 24.8. The predicted octanol–water partition coefficient (Wildman–Crippen LogP) is 10.9. The van der Waals surface area contributed by atoms with Gasteiger partial charge in [-0.3, -0.25) is 13.8 Å². The number of allylic oxidation sites excluding steroid dienone is 6. The highest BCUT2D eigenvalue weighted by Crippen LogP contribution is 2.43. The molecule has 10 heteroatoms. The van der Waals surface area contributed by atoms with Crippen LogP contribution in [0.5, 0.6) is 0 Å². The van der Waals surface area contributed by atoms with E-state index in [9.17, 15) is 19.4 Å². The third-order valence-corrected chi connectivity index (χ3v) is 9.50. The lowest BCUT2D eigenvalue weighted by molar-refractivity contribution is -0.154. The van der Waals surface area contributed by atoms with Crippen molar-refractivity contribution in [2.45, 2.75) is 187 Å². The summed E-state index contributed by atoms with van der Waals surface area (Å²) in [5.74, 6) is -0.394. The van der Waals surface area contributed by atoms with E-state index in [1.165, 1.54) is 89.9 Å². The maximum atomic E-state index is 12.6. The number of phosphoric acid groups is 1. The van der Waals surface area contributed by atoms with Crippen molar-refractivity contribution in [1.82, 2.24) is 0 Å². The highest BCUT2D eigenvalue weighted by molar-refractivity contribution is 7.47. The van der Waals surface area contributed by atoms with Gasteiger partial charge < -0.3 is 24.6 Å². The number of hydrogen-bond donors (Lipinski definition) is 3. The molecule has 0 aliphatic carbocycles. The Morgan fingerprint density at radius 3 is 1.59 bits per heavy atom. The lowest BCUT2D eigenvalue weighted by Crippen LogP contribution is -2.29. The van der Waals surface area contributed by atoms with E-state index in [2.05, 4.69) is 50.3 Å². The number of hydrogen-bond acceptors (Lipinski definition) is 8. The molecule has 3 unspecified atom stereocenters. The summed E-state index contributed by atoms with van der Waals surface area (Å²) in [7, 11) is -4.52. The van der Waals surface area contributed by atoms with Crippen molar-refractivity contribution in [3.63, 3.8) is 0 Å². The molecule has 0 saturated heterocycles. The molecule has 0 radical (unpaired) electrons. The van der Waals surface area contributed by atoms with E-state index in [1.807, 2.05) is 0 Å². The van der Waals surface area contributed by atoms with Crippen molar-refractivity contribution in [1.29, 1.82) is 0 Å². The Balaban J connectivity index is 4.22. The molecule has 3 N–H and O–H groups in total. The standard InChI is InChI=1S/C41H77O9P/c1-3-5-7-9-11-13-15-17-18-19-20-21-23-25-27-29-31-33-41(44)50-40(38-49-51(45,46)48-36-39(43)35-42)37-47-34-32-30-28-26-24-22-16-14-12-10-8-6-4-2/h11-14,17-18,39-40,42-43H,3-10,15-16,19-38H2,1-2H3,(H,45,46)/b13-11-,14-12-,18-17-. The number of unbranched alkanes of at least 4 members (excludes halogenated alkanes) is 19. The Morgan fingerprint density at radius 2 is 1.06 bits per heavy atom. The van der Waals surface area contributed by atoms with E-state index in [4.69, 9.17) is 23.6 Å². The second-order valence-corrected chi connectivity index (χ2v) is 15.1. The second-order valence-electron chi connectivity index (χ2n) is 13.6. The summed E-state index contributed by atoms with van der Waals surface area (Å²) in [4.78, 5) is 22.5. The fourth-order valence-corrected chi connectivity index (χ4v) is 6.17. The van der Waals surface area contributed by atoms with E-state index in [0.717, 1.165) is 64.2 Å². The molecule has 0 aliphatic heterocycles. The molecule has 0 bridgehead atoms. The maximum absolute atomic E-state index is 12.6. The van der Waals surface area contributed by atoms with Gasteiger partial charge in [-0.05, 0) is 70.6 Å². The molecule has 0 saturated carbocycles. The number of carbonyl (C=O) groups excluding carboxylic acids is 1. The van der Waals surface area contributed by atoms with Gasteiger partial charge in [-0.1, -0.05) is 134 Å². The first-order valence-corrected chi connectivity index (χ1v) is 22.0. The molecule has 3 atom stereocenters. The van der Waals surface area contributed by atoms with E-state index in [1.54, 1.807) is 0 Å². The summed E-state index contributed by atoms with van der Waals surface area (Å²) in [5.41, 5.74) is 0. The van der Waals surface area contributed by atoms with Crippen LogP contribution in [-0.4, -0.2) is 66.3 Å². The van der Waals surface area contributed by atoms with Gasteiger partial charge in [0.25, 0.3) is 0 Å². The normalized spacial score (nSPS) is 14.5. The zero-order chi connectivity index (χ0) is 37.5. The first-order valence-electron chi connectivity index (χ1n) is 20.5. The lowest BCUT2D eigenvalue weighted by atomic mass is 10.1. The Hall–Kier alpha value is -1.32. The van der Waals surface area contributed by atoms with Crippen molar-refractivity contribution in [3.8, 4) is 0 Å². The Kier molecular flexibility index (Phi) is 37.4. The van der Waals surface area contributed by atoms with E-state index in [0.29, 0.717) is 6.61 Å². The van der Waals surface area contributed by atoms with Crippen LogP contribution < -0.4 is 0 Å². The quantitative estimate of drug-likeness (QED) is 0.0243. The molecule has 0 heterocycles. The molecule has 0 spiro atoms. The molecule has 0 aromatic carbocycles. The summed E-state index contributed by atoms with van der Waals surface area (Å²) < 4.78 is 33.3. The minimum atomic E-state index is -4.52.